The summed E-state index contributed by atoms with van der Waals surface area (Å²) in [5, 5.41) is 12.8. The molecule has 1 aromatic carbocycles. The normalized spacial score (nSPS) is 36.7. The summed E-state index contributed by atoms with van der Waals surface area (Å²) >= 11 is 0. The van der Waals surface area contributed by atoms with E-state index in [4.69, 9.17) is 4.74 Å². The van der Waals surface area contributed by atoms with Gasteiger partial charge in [0.15, 0.2) is 0 Å². The molecule has 1 aromatic rings. The molecule has 0 aromatic heterocycles. The fourth-order valence-electron chi connectivity index (χ4n) is 3.32. The van der Waals surface area contributed by atoms with Crippen LogP contribution in [0.5, 0.6) is 0 Å². The average Bonchev–Trinajstić information content (AvgIpc) is 2.95. The van der Waals surface area contributed by atoms with Crippen molar-refractivity contribution in [3.63, 3.8) is 0 Å². The maximum Gasteiger partial charge on any atom is 0.115 e. The third-order valence-corrected chi connectivity index (χ3v) is 4.55. The Kier molecular flexibility index (Phi) is 3.37. The summed E-state index contributed by atoms with van der Waals surface area (Å²) in [5.74, 6) is 0.578. The van der Waals surface area contributed by atoms with Gasteiger partial charge in [-0.1, -0.05) is 30.3 Å². The highest BCUT2D eigenvalue weighted by Crippen LogP contribution is 2.34. The smallest absolute Gasteiger partial charge is 0.115 e. The number of nitrogens with zero attached hydrogens (tertiary/aromatic N) is 1. The lowest BCUT2D eigenvalue weighted by Gasteiger charge is -2.51. The van der Waals surface area contributed by atoms with Crippen LogP contribution in [0.3, 0.4) is 0 Å². The van der Waals surface area contributed by atoms with E-state index in [-0.39, 0.29) is 10.7 Å². The zero-order chi connectivity index (χ0) is 12.4. The highest BCUT2D eigenvalue weighted by atomic mass is 16.6. The monoisotopic (exact) mass is 247 g/mol. The summed E-state index contributed by atoms with van der Waals surface area (Å²) in [4.78, 5) is 0. The third kappa shape index (κ3) is 2.30. The van der Waals surface area contributed by atoms with Gasteiger partial charge in [0.25, 0.3) is 0 Å². The van der Waals surface area contributed by atoms with Crippen molar-refractivity contribution in [2.45, 2.75) is 31.2 Å². The van der Waals surface area contributed by atoms with Gasteiger partial charge in [0.1, 0.15) is 6.04 Å². The van der Waals surface area contributed by atoms with Crippen molar-refractivity contribution >= 4 is 0 Å². The lowest BCUT2D eigenvalue weighted by molar-refractivity contribution is -0.908. The van der Waals surface area contributed by atoms with Gasteiger partial charge in [0.05, 0.1) is 26.3 Å². The van der Waals surface area contributed by atoms with Crippen molar-refractivity contribution in [2.24, 2.45) is 0 Å². The van der Waals surface area contributed by atoms with Crippen LogP contribution >= 0.6 is 0 Å². The number of piperidine rings is 1. The molecule has 0 N–H and O–H groups in total. The van der Waals surface area contributed by atoms with E-state index >= 15 is 0 Å². The first-order valence-corrected chi connectivity index (χ1v) is 6.98. The molecule has 0 unspecified atom stereocenters. The van der Waals surface area contributed by atoms with Gasteiger partial charge in [0, 0.05) is 19.3 Å². The number of rotatable bonds is 2. The van der Waals surface area contributed by atoms with E-state index < -0.39 is 0 Å². The van der Waals surface area contributed by atoms with Crippen molar-refractivity contribution in [1.29, 1.82) is 0 Å². The molecule has 0 radical (unpaired) electrons. The molecule has 0 saturated carbocycles. The molecule has 0 bridgehead atoms. The van der Waals surface area contributed by atoms with E-state index in [1.165, 1.54) is 5.56 Å². The maximum absolute atomic E-state index is 12.8. The molecule has 2 aliphatic heterocycles. The van der Waals surface area contributed by atoms with Crippen LogP contribution in [0.15, 0.2) is 30.3 Å². The Morgan fingerprint density at radius 3 is 2.39 bits per heavy atom. The van der Waals surface area contributed by atoms with Crippen molar-refractivity contribution in [3.05, 3.63) is 41.1 Å². The van der Waals surface area contributed by atoms with Crippen molar-refractivity contribution in [1.82, 2.24) is 0 Å². The molecule has 98 valence electrons. The van der Waals surface area contributed by atoms with E-state index in [0.29, 0.717) is 12.5 Å². The summed E-state index contributed by atoms with van der Waals surface area (Å²) in [6.07, 6.45) is 2.98. The van der Waals surface area contributed by atoms with Crippen LogP contribution in [0.25, 0.3) is 0 Å². The number of likely N-dealkylation sites (tertiary alicyclic amines) is 1. The largest absolute Gasteiger partial charge is 0.633 e. The molecular formula is C15H21NO2. The topological polar surface area (TPSA) is 32.3 Å². The minimum absolute atomic E-state index is 0.0106. The van der Waals surface area contributed by atoms with Crippen molar-refractivity contribution in [3.8, 4) is 0 Å². The summed E-state index contributed by atoms with van der Waals surface area (Å²) in [7, 11) is 0. The number of hydrogen-bond acceptors (Lipinski definition) is 2. The molecule has 0 amide bonds. The summed E-state index contributed by atoms with van der Waals surface area (Å²) in [6, 6.07) is 10.8. The second kappa shape index (κ2) is 5.00. The molecule has 2 aliphatic rings. The predicted molar refractivity (Wildman–Crippen MR) is 71.0 cm³/mol. The lowest BCUT2D eigenvalue weighted by atomic mass is 9.88. The van der Waals surface area contributed by atoms with E-state index in [1.807, 2.05) is 0 Å². The van der Waals surface area contributed by atoms with Crippen molar-refractivity contribution in [2.75, 3.05) is 26.3 Å². The zero-order valence-electron chi connectivity index (χ0n) is 10.8. The first-order chi connectivity index (χ1) is 8.78. The fraction of sp³-hybridized carbons (Fsp3) is 0.600. The number of ether oxygens (including phenoxy) is 1. The molecular weight excluding hydrogens is 226 g/mol. The van der Waals surface area contributed by atoms with Crippen LogP contribution < -0.4 is 0 Å². The minimum atomic E-state index is -0.0106. The SMILES string of the molecule is [O-][N+]1([C@@H]2CCOC2)CCC(c2ccccc2)CC1. The molecule has 18 heavy (non-hydrogen) atoms. The van der Waals surface area contributed by atoms with Gasteiger partial charge in [-0.25, -0.2) is 0 Å². The van der Waals surface area contributed by atoms with Crippen molar-refractivity contribution < 1.29 is 9.38 Å². The Morgan fingerprint density at radius 2 is 1.78 bits per heavy atom. The predicted octanol–water partition coefficient (Wildman–Crippen LogP) is 2.67. The number of hydroxylamine groups is 3. The molecule has 2 heterocycles. The number of hydrogen-bond donors (Lipinski definition) is 0. The average molecular weight is 247 g/mol. The summed E-state index contributed by atoms with van der Waals surface area (Å²) in [5.41, 5.74) is 1.39. The van der Waals surface area contributed by atoms with Crippen LogP contribution in [0, 0.1) is 5.21 Å². The van der Waals surface area contributed by atoms with Crippen LogP contribution in [0.2, 0.25) is 0 Å². The highest BCUT2D eigenvalue weighted by Gasteiger charge is 2.36. The van der Waals surface area contributed by atoms with Gasteiger partial charge < -0.3 is 14.6 Å². The zero-order valence-corrected chi connectivity index (χ0v) is 10.8. The van der Waals surface area contributed by atoms with E-state index in [2.05, 4.69) is 30.3 Å². The van der Waals surface area contributed by atoms with Gasteiger partial charge in [-0.3, -0.25) is 0 Å². The van der Waals surface area contributed by atoms with Gasteiger partial charge in [-0.15, -0.1) is 0 Å². The number of benzene rings is 1. The second-order valence-electron chi connectivity index (χ2n) is 5.60. The van der Waals surface area contributed by atoms with Crippen LogP contribution in [-0.4, -0.2) is 37.0 Å². The fourth-order valence-corrected chi connectivity index (χ4v) is 3.32. The van der Waals surface area contributed by atoms with Gasteiger partial charge in [-0.05, 0) is 11.5 Å². The second-order valence-corrected chi connectivity index (χ2v) is 5.60. The molecule has 1 atom stereocenters. The minimum Gasteiger partial charge on any atom is -0.633 e. The molecule has 3 rings (SSSR count). The van der Waals surface area contributed by atoms with Crippen LogP contribution in [-0.2, 0) is 4.74 Å². The molecule has 3 nitrogen and oxygen atoms in total. The molecule has 0 spiro atoms. The van der Waals surface area contributed by atoms with E-state index in [1.54, 1.807) is 0 Å². The van der Waals surface area contributed by atoms with Gasteiger partial charge >= 0.3 is 0 Å². The Balaban J connectivity index is 1.64. The first kappa shape index (κ1) is 12.2. The van der Waals surface area contributed by atoms with Crippen LogP contribution in [0.1, 0.15) is 30.7 Å². The summed E-state index contributed by atoms with van der Waals surface area (Å²) < 4.78 is 5.36. The Morgan fingerprint density at radius 1 is 1.06 bits per heavy atom. The third-order valence-electron chi connectivity index (χ3n) is 4.55. The first-order valence-electron chi connectivity index (χ1n) is 6.98. The molecule has 3 heteroatoms. The number of quaternary nitrogens is 1. The van der Waals surface area contributed by atoms with Crippen LogP contribution in [0.4, 0.5) is 0 Å². The molecule has 2 saturated heterocycles. The van der Waals surface area contributed by atoms with Gasteiger partial charge in [-0.2, -0.15) is 0 Å². The quantitative estimate of drug-likeness (QED) is 0.594. The Bertz CT molecular complexity index is 379. The molecule has 2 fully saturated rings. The molecule has 0 aliphatic carbocycles. The van der Waals surface area contributed by atoms with Gasteiger partial charge in [0.2, 0.25) is 0 Å². The summed E-state index contributed by atoms with van der Waals surface area (Å²) in [6.45, 7) is 2.95. The van der Waals surface area contributed by atoms with E-state index in [9.17, 15) is 5.21 Å². The van der Waals surface area contributed by atoms with E-state index in [0.717, 1.165) is 39.0 Å². The standard InChI is InChI=1S/C15H21NO2/c17-16(15-8-11-18-12-15)9-6-14(7-10-16)13-4-2-1-3-5-13/h1-5,14-15H,6-12H2/t14?,15-,16?/m1/s1. The lowest BCUT2D eigenvalue weighted by Crippen LogP contribution is -2.55. The maximum atomic E-state index is 12.8. The highest BCUT2D eigenvalue weighted by molar-refractivity contribution is 5.19. The Labute approximate surface area is 109 Å². The Hall–Kier alpha value is -0.900.